The van der Waals surface area contributed by atoms with Crippen molar-refractivity contribution in [3.05, 3.63) is 59.6 Å². The number of fused-ring (bicyclic) bond motifs is 2. The number of halogens is 1. The van der Waals surface area contributed by atoms with Gasteiger partial charge in [0.05, 0.1) is 16.3 Å². The van der Waals surface area contributed by atoms with E-state index in [1.807, 2.05) is 52.5 Å². The third-order valence-corrected chi connectivity index (χ3v) is 6.42. The van der Waals surface area contributed by atoms with Crippen LogP contribution in [0.25, 0.3) is 16.3 Å². The molecule has 2 aliphatic rings. The van der Waals surface area contributed by atoms with Crippen molar-refractivity contribution in [1.82, 2.24) is 20.4 Å². The third kappa shape index (κ3) is 3.72. The van der Waals surface area contributed by atoms with Crippen LogP contribution in [-0.4, -0.2) is 33.8 Å². The number of thiophene rings is 1. The summed E-state index contributed by atoms with van der Waals surface area (Å²) in [4.78, 5) is 14.0. The molecule has 2 bridgehead atoms. The molecule has 28 heavy (non-hydrogen) atoms. The van der Waals surface area contributed by atoms with Gasteiger partial charge in [-0.15, -0.1) is 23.7 Å². The summed E-state index contributed by atoms with van der Waals surface area (Å²) in [5.74, 6) is -0.0752. The molecular weight excluding hydrogens is 392 g/mol. The molecule has 1 aromatic carbocycles. The number of nitrogens with zero attached hydrogens (tertiary/aromatic N) is 2. The van der Waals surface area contributed by atoms with Crippen LogP contribution in [0.15, 0.2) is 53.9 Å². The smallest absolute Gasteiger partial charge is 0.272 e. The van der Waals surface area contributed by atoms with Crippen molar-refractivity contribution in [2.75, 3.05) is 0 Å². The highest BCUT2D eigenvalue weighted by Crippen LogP contribution is 2.29. The number of hydrogen-bond donors (Lipinski definition) is 2. The van der Waals surface area contributed by atoms with E-state index in [0.29, 0.717) is 17.8 Å². The van der Waals surface area contributed by atoms with Gasteiger partial charge in [-0.05, 0) is 55.3 Å². The van der Waals surface area contributed by atoms with Crippen LogP contribution >= 0.6 is 23.7 Å². The van der Waals surface area contributed by atoms with Crippen molar-refractivity contribution in [2.24, 2.45) is 0 Å². The largest absolute Gasteiger partial charge is 0.348 e. The van der Waals surface area contributed by atoms with Crippen LogP contribution in [0.5, 0.6) is 0 Å². The summed E-state index contributed by atoms with van der Waals surface area (Å²) < 4.78 is 1.87. The molecule has 2 aliphatic heterocycles. The lowest BCUT2D eigenvalue weighted by Crippen LogP contribution is -2.48. The minimum Gasteiger partial charge on any atom is -0.348 e. The molecule has 146 valence electrons. The number of aromatic nitrogens is 2. The number of carbonyl (C=O) groups is 1. The number of nitrogens with one attached hydrogen (secondary N) is 2. The third-order valence-electron chi connectivity index (χ3n) is 5.52. The molecule has 2 aromatic heterocycles. The lowest BCUT2D eigenvalue weighted by Gasteiger charge is -2.29. The normalized spacial score (nSPS) is 23.2. The van der Waals surface area contributed by atoms with Gasteiger partial charge in [-0.25, -0.2) is 4.68 Å². The van der Waals surface area contributed by atoms with E-state index in [4.69, 9.17) is 0 Å². The van der Waals surface area contributed by atoms with Crippen molar-refractivity contribution in [2.45, 2.75) is 43.8 Å². The predicted molar refractivity (Wildman–Crippen MR) is 115 cm³/mol. The second kappa shape index (κ2) is 8.07. The first-order chi connectivity index (χ1) is 13.3. The number of piperidine rings is 1. The fraction of sp³-hybridized carbons (Fsp3) is 0.333. The molecule has 0 aliphatic carbocycles. The first-order valence-electron chi connectivity index (χ1n) is 9.52. The van der Waals surface area contributed by atoms with Gasteiger partial charge in [0.2, 0.25) is 0 Å². The lowest BCUT2D eigenvalue weighted by molar-refractivity contribution is 0.0918. The van der Waals surface area contributed by atoms with E-state index in [1.54, 1.807) is 11.3 Å². The molecule has 2 atom stereocenters. The molecule has 0 spiro atoms. The molecule has 7 heteroatoms. The Morgan fingerprint density at radius 1 is 1.11 bits per heavy atom. The van der Waals surface area contributed by atoms with E-state index in [9.17, 15) is 4.79 Å². The number of benzene rings is 1. The van der Waals surface area contributed by atoms with E-state index < -0.39 is 0 Å². The van der Waals surface area contributed by atoms with Crippen molar-refractivity contribution in [3.8, 4) is 16.3 Å². The van der Waals surface area contributed by atoms with Gasteiger partial charge in [0.1, 0.15) is 0 Å². The van der Waals surface area contributed by atoms with Crippen molar-refractivity contribution in [3.63, 3.8) is 0 Å². The Bertz CT molecular complexity index is 929. The second-order valence-corrected chi connectivity index (χ2v) is 8.37. The SMILES string of the molecule is Cl.O=C(NC1CC2CCC(C1)N2)c1cc(-c2cccs2)n(-c2ccccc2)n1. The Morgan fingerprint density at radius 3 is 2.54 bits per heavy atom. The van der Waals surface area contributed by atoms with E-state index >= 15 is 0 Å². The Hall–Kier alpha value is -2.15. The van der Waals surface area contributed by atoms with E-state index in [0.717, 1.165) is 29.1 Å². The van der Waals surface area contributed by atoms with Crippen LogP contribution < -0.4 is 10.6 Å². The minimum atomic E-state index is -0.0752. The number of hydrogen-bond acceptors (Lipinski definition) is 4. The maximum absolute atomic E-state index is 12.9. The molecular formula is C21H23ClN4OS. The molecule has 2 unspecified atom stereocenters. The van der Waals surface area contributed by atoms with Gasteiger partial charge in [0, 0.05) is 18.1 Å². The molecule has 5 nitrogen and oxygen atoms in total. The number of rotatable bonds is 4. The highest BCUT2D eigenvalue weighted by Gasteiger charge is 2.34. The maximum atomic E-state index is 12.9. The number of para-hydroxylation sites is 1. The van der Waals surface area contributed by atoms with Crippen molar-refractivity contribution in [1.29, 1.82) is 0 Å². The summed E-state index contributed by atoms with van der Waals surface area (Å²) in [5, 5.41) is 13.5. The summed E-state index contributed by atoms with van der Waals surface area (Å²) in [6, 6.07) is 17.3. The van der Waals surface area contributed by atoms with Crippen LogP contribution in [-0.2, 0) is 0 Å². The molecule has 3 aromatic rings. The highest BCUT2D eigenvalue weighted by atomic mass is 35.5. The van der Waals surface area contributed by atoms with Gasteiger partial charge < -0.3 is 10.6 Å². The van der Waals surface area contributed by atoms with Gasteiger partial charge >= 0.3 is 0 Å². The quantitative estimate of drug-likeness (QED) is 0.677. The molecule has 5 rings (SSSR count). The molecule has 4 heterocycles. The van der Waals surface area contributed by atoms with E-state index in [-0.39, 0.29) is 24.4 Å². The number of amides is 1. The summed E-state index contributed by atoms with van der Waals surface area (Å²) in [5.41, 5.74) is 2.39. The fourth-order valence-electron chi connectivity index (χ4n) is 4.29. The topological polar surface area (TPSA) is 59.0 Å². The average Bonchev–Trinajstić information content (AvgIpc) is 3.42. The predicted octanol–water partition coefficient (Wildman–Crippen LogP) is 4.04. The summed E-state index contributed by atoms with van der Waals surface area (Å²) >= 11 is 1.65. The number of carbonyl (C=O) groups excluding carboxylic acids is 1. The van der Waals surface area contributed by atoms with Crippen molar-refractivity contribution >= 4 is 29.7 Å². The Balaban J connectivity index is 0.00000192. The Labute approximate surface area is 174 Å². The molecule has 2 fully saturated rings. The first kappa shape index (κ1) is 19.2. The summed E-state index contributed by atoms with van der Waals surface area (Å²) in [7, 11) is 0. The highest BCUT2D eigenvalue weighted by molar-refractivity contribution is 7.13. The van der Waals surface area contributed by atoms with Crippen LogP contribution in [0, 0.1) is 0 Å². The summed E-state index contributed by atoms with van der Waals surface area (Å²) in [6.45, 7) is 0. The summed E-state index contributed by atoms with van der Waals surface area (Å²) in [6.07, 6.45) is 4.48. The molecule has 2 saturated heterocycles. The average molecular weight is 415 g/mol. The zero-order valence-corrected chi connectivity index (χ0v) is 17.0. The fourth-order valence-corrected chi connectivity index (χ4v) is 5.02. The Morgan fingerprint density at radius 2 is 1.86 bits per heavy atom. The van der Waals surface area contributed by atoms with Gasteiger partial charge in [0.25, 0.3) is 5.91 Å². The lowest BCUT2D eigenvalue weighted by atomic mass is 10.00. The Kier molecular flexibility index (Phi) is 5.53. The van der Waals surface area contributed by atoms with Gasteiger partial charge in [-0.2, -0.15) is 5.10 Å². The minimum absolute atomic E-state index is 0. The van der Waals surface area contributed by atoms with E-state index in [2.05, 4.69) is 21.8 Å². The zero-order chi connectivity index (χ0) is 18.2. The van der Waals surface area contributed by atoms with Gasteiger partial charge in [0.15, 0.2) is 5.69 Å². The van der Waals surface area contributed by atoms with E-state index in [1.165, 1.54) is 12.8 Å². The van der Waals surface area contributed by atoms with Crippen LogP contribution in [0.4, 0.5) is 0 Å². The monoisotopic (exact) mass is 414 g/mol. The maximum Gasteiger partial charge on any atom is 0.272 e. The van der Waals surface area contributed by atoms with Crippen LogP contribution in [0.2, 0.25) is 0 Å². The van der Waals surface area contributed by atoms with Crippen molar-refractivity contribution < 1.29 is 4.79 Å². The zero-order valence-electron chi connectivity index (χ0n) is 15.4. The van der Waals surface area contributed by atoms with Crippen LogP contribution in [0.3, 0.4) is 0 Å². The second-order valence-electron chi connectivity index (χ2n) is 7.42. The standard InChI is InChI=1S/C21H22N4OS.ClH/c26-21(23-16-11-14-8-9-15(12-16)22-14)18-13-19(20-7-4-10-27-20)25(24-18)17-5-2-1-3-6-17;/h1-7,10,13-16,22H,8-9,11-12H2,(H,23,26);1H. The molecule has 1 amide bonds. The molecule has 0 radical (unpaired) electrons. The molecule has 2 N–H and O–H groups in total. The van der Waals surface area contributed by atoms with Crippen LogP contribution in [0.1, 0.15) is 36.2 Å². The van der Waals surface area contributed by atoms with Gasteiger partial charge in [-0.1, -0.05) is 24.3 Å². The first-order valence-corrected chi connectivity index (χ1v) is 10.4. The van der Waals surface area contributed by atoms with Gasteiger partial charge in [-0.3, -0.25) is 4.79 Å². The molecule has 0 saturated carbocycles.